The second-order valence-electron chi connectivity index (χ2n) is 8.59. The van der Waals surface area contributed by atoms with Gasteiger partial charge in [0.25, 0.3) is 0 Å². The smallest absolute Gasteiger partial charge is 0.339 e. The Bertz CT molecular complexity index is 1180. The summed E-state index contributed by atoms with van der Waals surface area (Å²) in [6, 6.07) is 11.4. The van der Waals surface area contributed by atoms with Gasteiger partial charge >= 0.3 is 5.97 Å². The van der Waals surface area contributed by atoms with E-state index in [-0.39, 0.29) is 11.2 Å². The fourth-order valence-electron chi connectivity index (χ4n) is 4.52. The Hall–Kier alpha value is -2.19. The van der Waals surface area contributed by atoms with Gasteiger partial charge in [0.15, 0.2) is 5.13 Å². The van der Waals surface area contributed by atoms with Crippen LogP contribution in [-0.4, -0.2) is 51.5 Å². The number of ether oxygens (including phenoxy) is 2. The Morgan fingerprint density at radius 1 is 1.30 bits per heavy atom. The second kappa shape index (κ2) is 9.58. The topological polar surface area (TPSA) is 50.8 Å². The average Bonchev–Trinajstić information content (AvgIpc) is 3.12. The van der Waals surface area contributed by atoms with Gasteiger partial charge in [-0.15, -0.1) is 11.3 Å². The molecule has 2 aromatic carbocycles. The highest BCUT2D eigenvalue weighted by molar-refractivity contribution is 7.18. The van der Waals surface area contributed by atoms with Crippen molar-refractivity contribution in [2.24, 2.45) is 0 Å². The lowest BCUT2D eigenvalue weighted by molar-refractivity contribution is 0.0369. The zero-order valence-corrected chi connectivity index (χ0v) is 20.0. The largest absolute Gasteiger partial charge is 0.465 e. The van der Waals surface area contributed by atoms with E-state index in [1.54, 1.807) is 18.2 Å². The van der Waals surface area contributed by atoms with Crippen molar-refractivity contribution in [2.45, 2.75) is 31.4 Å². The van der Waals surface area contributed by atoms with Gasteiger partial charge in [0, 0.05) is 46.3 Å². The molecule has 0 bridgehead atoms. The van der Waals surface area contributed by atoms with E-state index in [0.29, 0.717) is 47.5 Å². The van der Waals surface area contributed by atoms with Gasteiger partial charge in [0.05, 0.1) is 31.1 Å². The van der Waals surface area contributed by atoms with Crippen LogP contribution in [0.15, 0.2) is 36.4 Å². The standard InChI is InChI=1S/C25H26ClFN2O3S/c1-31-25(30)20-11-15(23-19-7-6-16(26)12-22(19)33-24(23)27)5-8-21(20)29-9-10-32-18(14-29)13-28-17-3-2-4-17/h5-8,11-12,17-18,28H,2-4,9-10,13-14H2,1H3/t18-/m1/s1. The molecule has 5 nitrogen and oxygen atoms in total. The maximum Gasteiger partial charge on any atom is 0.339 e. The molecule has 0 amide bonds. The van der Waals surface area contributed by atoms with Gasteiger partial charge in [0.2, 0.25) is 0 Å². The molecule has 1 aliphatic heterocycles. The van der Waals surface area contributed by atoms with Crippen LogP contribution in [0.3, 0.4) is 0 Å². The summed E-state index contributed by atoms with van der Waals surface area (Å²) < 4.78 is 26.8. The molecule has 5 rings (SSSR count). The minimum atomic E-state index is -0.439. The summed E-state index contributed by atoms with van der Waals surface area (Å²) in [4.78, 5) is 14.9. The lowest BCUT2D eigenvalue weighted by atomic mass is 9.93. The van der Waals surface area contributed by atoms with Crippen LogP contribution in [0, 0.1) is 5.13 Å². The quantitative estimate of drug-likeness (QED) is 0.465. The minimum absolute atomic E-state index is 0.0486. The molecular weight excluding hydrogens is 463 g/mol. The summed E-state index contributed by atoms with van der Waals surface area (Å²) in [6.45, 7) is 2.74. The molecule has 1 aromatic heterocycles. The van der Waals surface area contributed by atoms with Crippen molar-refractivity contribution >= 4 is 44.7 Å². The van der Waals surface area contributed by atoms with Crippen LogP contribution in [-0.2, 0) is 9.47 Å². The first-order valence-corrected chi connectivity index (χ1v) is 12.4. The van der Waals surface area contributed by atoms with Crippen molar-refractivity contribution in [1.82, 2.24) is 5.32 Å². The Morgan fingerprint density at radius 3 is 2.91 bits per heavy atom. The van der Waals surface area contributed by atoms with Gasteiger partial charge in [-0.1, -0.05) is 30.2 Å². The van der Waals surface area contributed by atoms with Crippen molar-refractivity contribution in [3.63, 3.8) is 0 Å². The first-order valence-electron chi connectivity index (χ1n) is 11.2. The zero-order valence-electron chi connectivity index (χ0n) is 18.4. The lowest BCUT2D eigenvalue weighted by Crippen LogP contribution is -2.49. The Kier molecular flexibility index (Phi) is 6.56. The number of thiophene rings is 1. The number of benzene rings is 2. The molecule has 1 saturated carbocycles. The third-order valence-electron chi connectivity index (χ3n) is 6.52. The van der Waals surface area contributed by atoms with E-state index in [0.717, 1.165) is 33.7 Å². The number of hydrogen-bond donors (Lipinski definition) is 1. The number of halogens is 2. The van der Waals surface area contributed by atoms with Crippen LogP contribution >= 0.6 is 22.9 Å². The molecule has 0 radical (unpaired) electrons. The Labute approximate surface area is 201 Å². The zero-order chi connectivity index (χ0) is 22.9. The summed E-state index contributed by atoms with van der Waals surface area (Å²) >= 11 is 7.14. The highest BCUT2D eigenvalue weighted by Crippen LogP contribution is 2.40. The summed E-state index contributed by atoms with van der Waals surface area (Å²) in [6.07, 6.45) is 3.79. The van der Waals surface area contributed by atoms with Gasteiger partial charge in [0.1, 0.15) is 0 Å². The fraction of sp³-hybridized carbons (Fsp3) is 0.400. The summed E-state index contributed by atoms with van der Waals surface area (Å²) in [5.74, 6) is -0.439. The van der Waals surface area contributed by atoms with Crippen LogP contribution in [0.2, 0.25) is 5.02 Å². The van der Waals surface area contributed by atoms with Gasteiger partial charge in [-0.2, -0.15) is 4.39 Å². The van der Waals surface area contributed by atoms with E-state index in [1.807, 2.05) is 18.2 Å². The van der Waals surface area contributed by atoms with Gasteiger partial charge in [-0.05, 0) is 42.7 Å². The van der Waals surface area contributed by atoms with E-state index >= 15 is 0 Å². The van der Waals surface area contributed by atoms with Gasteiger partial charge in [-0.3, -0.25) is 0 Å². The third-order valence-corrected chi connectivity index (χ3v) is 7.69. The summed E-state index contributed by atoms with van der Waals surface area (Å²) in [5, 5.41) is 4.61. The molecule has 2 fully saturated rings. The molecule has 174 valence electrons. The second-order valence-corrected chi connectivity index (χ2v) is 10.0. The maximum absolute atomic E-state index is 15.0. The van der Waals surface area contributed by atoms with Gasteiger partial charge in [-0.25, -0.2) is 4.79 Å². The van der Waals surface area contributed by atoms with Crippen molar-refractivity contribution < 1.29 is 18.7 Å². The predicted octanol–water partition coefficient (Wildman–Crippen LogP) is 5.49. The number of anilines is 1. The SMILES string of the molecule is COC(=O)c1cc(-c2c(F)sc3cc(Cl)ccc23)ccc1N1CCO[C@H](CNC2CCC2)C1. The van der Waals surface area contributed by atoms with Crippen LogP contribution in [0.1, 0.15) is 29.6 Å². The first kappa shape index (κ1) is 22.6. The average molecular weight is 489 g/mol. The highest BCUT2D eigenvalue weighted by Gasteiger charge is 2.27. The van der Waals surface area contributed by atoms with Crippen molar-refractivity contribution in [3.05, 3.63) is 52.1 Å². The number of carbonyl (C=O) groups excluding carboxylic acids is 1. The van der Waals surface area contributed by atoms with E-state index in [1.165, 1.54) is 26.4 Å². The minimum Gasteiger partial charge on any atom is -0.465 e. The van der Waals surface area contributed by atoms with E-state index in [2.05, 4.69) is 10.2 Å². The van der Waals surface area contributed by atoms with E-state index in [4.69, 9.17) is 21.1 Å². The highest BCUT2D eigenvalue weighted by atomic mass is 35.5. The molecule has 0 spiro atoms. The molecule has 2 heterocycles. The molecular formula is C25H26ClFN2O3S. The van der Waals surface area contributed by atoms with E-state index < -0.39 is 5.97 Å². The Morgan fingerprint density at radius 2 is 2.15 bits per heavy atom. The van der Waals surface area contributed by atoms with E-state index in [9.17, 15) is 9.18 Å². The number of rotatable bonds is 6. The number of hydrogen-bond acceptors (Lipinski definition) is 6. The van der Waals surface area contributed by atoms with Crippen LogP contribution in [0.25, 0.3) is 21.2 Å². The fourth-order valence-corrected chi connectivity index (χ4v) is 5.75. The normalized spacial score (nSPS) is 19.0. The van der Waals surface area contributed by atoms with Crippen molar-refractivity contribution in [3.8, 4) is 11.1 Å². The molecule has 1 aliphatic carbocycles. The number of esters is 1. The number of methoxy groups -OCH3 is 1. The number of morpholine rings is 1. The van der Waals surface area contributed by atoms with Crippen LogP contribution < -0.4 is 10.2 Å². The number of nitrogens with zero attached hydrogens (tertiary/aromatic N) is 1. The molecule has 1 atom stereocenters. The molecule has 1 N–H and O–H groups in total. The van der Waals surface area contributed by atoms with Crippen LogP contribution in [0.5, 0.6) is 0 Å². The molecule has 0 unspecified atom stereocenters. The van der Waals surface area contributed by atoms with Crippen molar-refractivity contribution in [1.29, 1.82) is 0 Å². The lowest BCUT2D eigenvalue weighted by Gasteiger charge is -2.37. The predicted molar refractivity (Wildman–Crippen MR) is 131 cm³/mol. The third kappa shape index (κ3) is 4.60. The van der Waals surface area contributed by atoms with Crippen LogP contribution in [0.4, 0.5) is 10.1 Å². The molecule has 3 aromatic rings. The monoisotopic (exact) mass is 488 g/mol. The van der Waals surface area contributed by atoms with Gasteiger partial charge < -0.3 is 19.7 Å². The number of nitrogens with one attached hydrogen (secondary N) is 1. The molecule has 1 saturated heterocycles. The Balaban J connectivity index is 1.45. The molecule has 8 heteroatoms. The van der Waals surface area contributed by atoms with Crippen molar-refractivity contribution in [2.75, 3.05) is 38.3 Å². The molecule has 33 heavy (non-hydrogen) atoms. The summed E-state index contributed by atoms with van der Waals surface area (Å²) in [5.41, 5.74) is 2.33. The maximum atomic E-state index is 15.0. The number of carbonyl (C=O) groups is 1. The number of fused-ring (bicyclic) bond motifs is 1. The molecule has 2 aliphatic rings. The first-order chi connectivity index (χ1) is 16.0. The summed E-state index contributed by atoms with van der Waals surface area (Å²) in [7, 11) is 1.37.